The maximum Gasteiger partial charge on any atom is 0.394 e. The first-order chi connectivity index (χ1) is 11.9. The topological polar surface area (TPSA) is 64.9 Å². The average Bonchev–Trinajstić information content (AvgIpc) is 2.44. The molecule has 1 amide bonds. The zero-order valence-electron chi connectivity index (χ0n) is 14.8. The molecule has 3 fully saturated rings. The van der Waals surface area contributed by atoms with Crippen molar-refractivity contribution in [2.45, 2.75) is 56.5 Å². The number of hydrogen-bond donors (Lipinski definition) is 2. The molecule has 8 heteroatoms. The Labute approximate surface area is 154 Å². The molecule has 1 aromatic carbocycles. The Morgan fingerprint density at radius 2 is 1.85 bits per heavy atom. The van der Waals surface area contributed by atoms with E-state index >= 15 is 0 Å². The summed E-state index contributed by atoms with van der Waals surface area (Å²) in [7, 11) is 0. The summed E-state index contributed by atoms with van der Waals surface area (Å²) in [5.41, 5.74) is -1.24. The summed E-state index contributed by atoms with van der Waals surface area (Å²) in [6, 6.07) is 6.69. The number of amides is 1. The van der Waals surface area contributed by atoms with Crippen LogP contribution in [0.3, 0.4) is 0 Å². The molecule has 4 rings (SSSR count). The quantitative estimate of drug-likeness (QED) is 0.744. The van der Waals surface area contributed by atoms with Crippen LogP contribution in [0.15, 0.2) is 18.2 Å². The smallest absolute Gasteiger partial charge is 0.346 e. The number of carbonyl (C=O) groups excluding carboxylic acids is 1. The molecule has 140 valence electrons. The normalized spacial score (nSPS) is 27.0. The van der Waals surface area contributed by atoms with Crippen molar-refractivity contribution >= 4 is 23.5 Å². The molecule has 0 atom stereocenters. The number of hydrogen-bond acceptors (Lipinski definition) is 4. The summed E-state index contributed by atoms with van der Waals surface area (Å²) in [5, 5.41) is 11.8. The van der Waals surface area contributed by atoms with Crippen LogP contribution < -0.4 is 10.0 Å². The summed E-state index contributed by atoms with van der Waals surface area (Å²) in [5.74, 6) is -0.449. The molecule has 0 spiro atoms. The maximum absolute atomic E-state index is 13.0. The van der Waals surface area contributed by atoms with Crippen LogP contribution in [-0.4, -0.2) is 22.4 Å². The van der Waals surface area contributed by atoms with Crippen LogP contribution in [0.2, 0.25) is 0 Å². The van der Waals surface area contributed by atoms with Crippen LogP contribution in [0.1, 0.15) is 56.0 Å². The molecule has 2 N–H and O–H groups in total. The predicted octanol–water partition coefficient (Wildman–Crippen LogP) is 4.63. The standard InChI is InChI=1S/C18H20F3N3OS/c1-15(2,3)26-24-13-5-4-11(7-22)6-12(13)14(25)23-17-8-16(9-17,10-17)18(19,20)21/h4-6,24H,8-10H2,1-3H3,(H,23,25). The summed E-state index contributed by atoms with van der Waals surface area (Å²) in [4.78, 5) is 12.7. The fourth-order valence-electron chi connectivity index (χ4n) is 3.63. The number of alkyl halides is 3. The van der Waals surface area contributed by atoms with Gasteiger partial charge in [-0.2, -0.15) is 18.4 Å². The summed E-state index contributed by atoms with van der Waals surface area (Å²) in [6.45, 7) is 6.02. The summed E-state index contributed by atoms with van der Waals surface area (Å²) >= 11 is 1.42. The van der Waals surface area contributed by atoms with Crippen LogP contribution >= 0.6 is 11.9 Å². The molecule has 3 saturated carbocycles. The molecule has 0 unspecified atom stereocenters. The van der Waals surface area contributed by atoms with Gasteiger partial charge >= 0.3 is 6.18 Å². The van der Waals surface area contributed by atoms with Gasteiger partial charge in [-0.25, -0.2) is 0 Å². The Bertz CT molecular complexity index is 773. The average molecular weight is 383 g/mol. The van der Waals surface area contributed by atoms with E-state index in [1.165, 1.54) is 18.0 Å². The third kappa shape index (κ3) is 3.25. The maximum atomic E-state index is 13.0. The van der Waals surface area contributed by atoms with Gasteiger partial charge in [-0.05, 0) is 70.2 Å². The lowest BCUT2D eigenvalue weighted by atomic mass is 9.39. The zero-order chi connectivity index (χ0) is 19.4. The molecule has 3 aliphatic rings. The molecule has 2 bridgehead atoms. The Morgan fingerprint density at radius 3 is 2.35 bits per heavy atom. The first kappa shape index (κ1) is 18.9. The van der Waals surface area contributed by atoms with Gasteiger partial charge in [-0.15, -0.1) is 0 Å². The first-order valence-corrected chi connectivity index (χ1v) is 9.08. The minimum absolute atomic E-state index is 0.0628. The second-order valence-corrected chi connectivity index (χ2v) is 9.86. The molecule has 0 radical (unpaired) electrons. The van der Waals surface area contributed by atoms with Crippen LogP contribution in [0.5, 0.6) is 0 Å². The molecule has 4 nitrogen and oxygen atoms in total. The van der Waals surface area contributed by atoms with Crippen molar-refractivity contribution < 1.29 is 18.0 Å². The number of anilines is 1. The van der Waals surface area contributed by atoms with Gasteiger partial charge in [0.25, 0.3) is 5.91 Å². The molecule has 3 aliphatic carbocycles. The third-order valence-electron chi connectivity index (χ3n) is 4.87. The SMILES string of the molecule is CC(C)(C)SNc1ccc(C#N)cc1C(=O)NC12CC(C(F)(F)F)(C1)C2. The molecule has 0 aliphatic heterocycles. The number of rotatable bonds is 4. The van der Waals surface area contributed by atoms with E-state index in [0.717, 1.165) is 0 Å². The molecule has 1 aromatic rings. The lowest BCUT2D eigenvalue weighted by Crippen LogP contribution is -2.78. The van der Waals surface area contributed by atoms with Crippen LogP contribution in [0.25, 0.3) is 0 Å². The van der Waals surface area contributed by atoms with Gasteiger partial charge in [-0.1, -0.05) is 0 Å². The lowest BCUT2D eigenvalue weighted by molar-refractivity contribution is -0.336. The van der Waals surface area contributed by atoms with Crippen molar-refractivity contribution in [1.82, 2.24) is 5.32 Å². The number of nitriles is 1. The van der Waals surface area contributed by atoms with Crippen molar-refractivity contribution in [2.24, 2.45) is 5.41 Å². The Hall–Kier alpha value is -1.88. The monoisotopic (exact) mass is 383 g/mol. The highest BCUT2D eigenvalue weighted by Crippen LogP contribution is 2.73. The minimum atomic E-state index is -4.21. The van der Waals surface area contributed by atoms with E-state index in [0.29, 0.717) is 11.3 Å². The van der Waals surface area contributed by atoms with Crippen molar-refractivity contribution in [1.29, 1.82) is 5.26 Å². The molecule has 0 aromatic heterocycles. The molecular weight excluding hydrogens is 363 g/mol. The van der Waals surface area contributed by atoms with Crippen LogP contribution in [0, 0.1) is 16.7 Å². The Balaban J connectivity index is 1.74. The lowest BCUT2D eigenvalue weighted by Gasteiger charge is -2.70. The summed E-state index contributed by atoms with van der Waals surface area (Å²) in [6.07, 6.45) is -4.40. The fraction of sp³-hybridized carbons (Fsp3) is 0.556. The van der Waals surface area contributed by atoms with Gasteiger partial charge in [-0.3, -0.25) is 4.79 Å². The van der Waals surface area contributed by atoms with Gasteiger partial charge in [0.1, 0.15) is 0 Å². The largest absolute Gasteiger partial charge is 0.394 e. The number of halogens is 3. The predicted molar refractivity (Wildman–Crippen MR) is 94.7 cm³/mol. The highest BCUT2D eigenvalue weighted by molar-refractivity contribution is 8.01. The van der Waals surface area contributed by atoms with E-state index in [9.17, 15) is 18.0 Å². The van der Waals surface area contributed by atoms with E-state index < -0.39 is 23.0 Å². The van der Waals surface area contributed by atoms with E-state index in [4.69, 9.17) is 5.26 Å². The third-order valence-corrected chi connectivity index (χ3v) is 5.81. The minimum Gasteiger partial charge on any atom is -0.346 e. The van der Waals surface area contributed by atoms with E-state index in [2.05, 4.69) is 10.0 Å². The highest BCUT2D eigenvalue weighted by atomic mass is 32.2. The molecule has 0 heterocycles. The molecular formula is C18H20F3N3OS. The summed E-state index contributed by atoms with van der Waals surface area (Å²) < 4.78 is 41.9. The second kappa shape index (κ2) is 5.81. The first-order valence-electron chi connectivity index (χ1n) is 8.26. The van der Waals surface area contributed by atoms with Crippen molar-refractivity contribution in [3.05, 3.63) is 29.3 Å². The zero-order valence-corrected chi connectivity index (χ0v) is 15.6. The van der Waals surface area contributed by atoms with Gasteiger partial charge in [0.15, 0.2) is 0 Å². The number of benzene rings is 1. The van der Waals surface area contributed by atoms with Crippen molar-refractivity contribution in [3.8, 4) is 6.07 Å². The van der Waals surface area contributed by atoms with Crippen LogP contribution in [0.4, 0.5) is 18.9 Å². The van der Waals surface area contributed by atoms with Crippen molar-refractivity contribution in [2.75, 3.05) is 4.72 Å². The van der Waals surface area contributed by atoms with E-state index in [1.807, 2.05) is 26.8 Å². The number of nitrogens with one attached hydrogen (secondary N) is 2. The highest BCUT2D eigenvalue weighted by Gasteiger charge is 2.79. The fourth-order valence-corrected chi connectivity index (χ4v) is 4.22. The molecule has 26 heavy (non-hydrogen) atoms. The van der Waals surface area contributed by atoms with Gasteiger partial charge in [0, 0.05) is 10.3 Å². The van der Waals surface area contributed by atoms with E-state index in [1.54, 1.807) is 12.1 Å². The number of nitrogens with zero attached hydrogens (tertiary/aromatic N) is 1. The van der Waals surface area contributed by atoms with Crippen LogP contribution in [-0.2, 0) is 0 Å². The van der Waals surface area contributed by atoms with E-state index in [-0.39, 0.29) is 29.6 Å². The van der Waals surface area contributed by atoms with Crippen molar-refractivity contribution in [3.63, 3.8) is 0 Å². The Kier molecular flexibility index (Phi) is 4.22. The van der Waals surface area contributed by atoms with Gasteiger partial charge in [0.2, 0.25) is 0 Å². The van der Waals surface area contributed by atoms with Gasteiger partial charge in [0.05, 0.1) is 28.3 Å². The second-order valence-electron chi connectivity index (χ2n) is 8.23. The molecule has 0 saturated heterocycles. The van der Waals surface area contributed by atoms with Gasteiger partial charge < -0.3 is 10.0 Å². The Morgan fingerprint density at radius 1 is 1.23 bits per heavy atom. The number of carbonyl (C=O) groups is 1.